The Labute approximate surface area is 131 Å². The van der Waals surface area contributed by atoms with E-state index in [0.29, 0.717) is 32.5 Å². The standard InChI is InChI=1S/C13H20F3N3O4/c1-2-23-11(21)9-3-5-19(6-4-9)7-10(20)18-12(22)17-8-13(14,15)16/h9H,2-8H2,1H3,(H2,17,18,20,22)/p+1. The Hall–Kier alpha value is -1.84. The SMILES string of the molecule is CCOC(=O)C1CC[NH+](CC(=O)NC(=O)NCC(F)(F)F)CC1. The molecule has 0 bridgehead atoms. The monoisotopic (exact) mass is 340 g/mol. The Kier molecular flexibility index (Phi) is 7.27. The highest BCUT2D eigenvalue weighted by atomic mass is 19.4. The van der Waals surface area contributed by atoms with Gasteiger partial charge in [-0.3, -0.25) is 14.9 Å². The fraction of sp³-hybridized carbons (Fsp3) is 0.769. The third-order valence-electron chi connectivity index (χ3n) is 3.43. The van der Waals surface area contributed by atoms with E-state index in [1.807, 2.05) is 5.32 Å². The summed E-state index contributed by atoms with van der Waals surface area (Å²) in [5.41, 5.74) is 0. The summed E-state index contributed by atoms with van der Waals surface area (Å²) in [6.07, 6.45) is -3.38. The number of quaternary nitrogens is 1. The van der Waals surface area contributed by atoms with Gasteiger partial charge in [-0.15, -0.1) is 0 Å². The van der Waals surface area contributed by atoms with E-state index >= 15 is 0 Å². The number of urea groups is 1. The molecular weight excluding hydrogens is 319 g/mol. The lowest BCUT2D eigenvalue weighted by Gasteiger charge is -2.27. The zero-order valence-electron chi connectivity index (χ0n) is 12.8. The van der Waals surface area contributed by atoms with Crippen molar-refractivity contribution in [3.05, 3.63) is 0 Å². The van der Waals surface area contributed by atoms with Crippen molar-refractivity contribution >= 4 is 17.9 Å². The molecule has 3 N–H and O–H groups in total. The number of alkyl halides is 3. The van der Waals surface area contributed by atoms with Crippen molar-refractivity contribution in [3.63, 3.8) is 0 Å². The first-order valence-corrected chi connectivity index (χ1v) is 7.36. The van der Waals surface area contributed by atoms with E-state index in [-0.39, 0.29) is 18.4 Å². The molecule has 0 spiro atoms. The van der Waals surface area contributed by atoms with E-state index in [0.717, 1.165) is 4.90 Å². The minimum Gasteiger partial charge on any atom is -0.466 e. The van der Waals surface area contributed by atoms with Crippen LogP contribution in [-0.4, -0.2) is 56.9 Å². The molecule has 10 heteroatoms. The van der Waals surface area contributed by atoms with Crippen LogP contribution in [-0.2, 0) is 14.3 Å². The van der Waals surface area contributed by atoms with Gasteiger partial charge in [0, 0.05) is 12.8 Å². The predicted molar refractivity (Wildman–Crippen MR) is 72.5 cm³/mol. The molecule has 0 radical (unpaired) electrons. The molecule has 1 aliphatic rings. The third-order valence-corrected chi connectivity index (χ3v) is 3.43. The van der Waals surface area contributed by atoms with E-state index in [9.17, 15) is 27.6 Å². The second-order valence-corrected chi connectivity index (χ2v) is 5.30. The number of esters is 1. The summed E-state index contributed by atoms with van der Waals surface area (Å²) < 4.78 is 40.7. The number of hydrogen-bond acceptors (Lipinski definition) is 4. The largest absolute Gasteiger partial charge is 0.466 e. The summed E-state index contributed by atoms with van der Waals surface area (Å²) in [6.45, 7) is 1.63. The maximum absolute atomic E-state index is 11.9. The van der Waals surface area contributed by atoms with Crippen LogP contribution in [0.1, 0.15) is 19.8 Å². The molecule has 1 rings (SSSR count). The van der Waals surface area contributed by atoms with Gasteiger partial charge in [0.05, 0.1) is 25.6 Å². The number of rotatable bonds is 5. The van der Waals surface area contributed by atoms with Crippen LogP contribution in [0.15, 0.2) is 0 Å². The van der Waals surface area contributed by atoms with Crippen LogP contribution in [0, 0.1) is 5.92 Å². The minimum absolute atomic E-state index is 0.0328. The quantitative estimate of drug-likeness (QED) is 0.574. The zero-order valence-corrected chi connectivity index (χ0v) is 12.8. The van der Waals surface area contributed by atoms with Crippen molar-refractivity contribution in [2.75, 3.05) is 32.8 Å². The number of carbonyl (C=O) groups is 3. The van der Waals surface area contributed by atoms with Crippen LogP contribution in [0.3, 0.4) is 0 Å². The number of carbonyl (C=O) groups excluding carboxylic acids is 3. The number of hydrogen-bond donors (Lipinski definition) is 3. The molecule has 0 atom stereocenters. The third kappa shape index (κ3) is 7.82. The number of amides is 3. The minimum atomic E-state index is -4.53. The van der Waals surface area contributed by atoms with Crippen LogP contribution in [0.2, 0.25) is 0 Å². The van der Waals surface area contributed by atoms with E-state index in [2.05, 4.69) is 0 Å². The predicted octanol–water partition coefficient (Wildman–Crippen LogP) is -0.767. The Bertz CT molecular complexity index is 435. The molecule has 0 unspecified atom stereocenters. The Balaban J connectivity index is 2.26. The van der Waals surface area contributed by atoms with Crippen LogP contribution in [0.25, 0.3) is 0 Å². The van der Waals surface area contributed by atoms with Gasteiger partial charge in [0.25, 0.3) is 5.91 Å². The van der Waals surface area contributed by atoms with Crippen LogP contribution < -0.4 is 15.5 Å². The number of halogens is 3. The van der Waals surface area contributed by atoms with E-state index in [1.165, 1.54) is 0 Å². The van der Waals surface area contributed by atoms with Gasteiger partial charge in [0.2, 0.25) is 0 Å². The molecule has 0 aromatic carbocycles. The molecule has 1 fully saturated rings. The van der Waals surface area contributed by atoms with Crippen LogP contribution in [0.5, 0.6) is 0 Å². The highest BCUT2D eigenvalue weighted by molar-refractivity contribution is 5.94. The smallest absolute Gasteiger partial charge is 0.405 e. The normalized spacial score (nSPS) is 21.4. The number of likely N-dealkylation sites (tertiary alicyclic amines) is 1. The number of nitrogens with one attached hydrogen (secondary N) is 3. The molecule has 1 aliphatic heterocycles. The maximum Gasteiger partial charge on any atom is 0.405 e. The average molecular weight is 340 g/mol. The Morgan fingerprint density at radius 3 is 2.35 bits per heavy atom. The highest BCUT2D eigenvalue weighted by Gasteiger charge is 2.30. The molecule has 0 saturated carbocycles. The summed E-state index contributed by atoms with van der Waals surface area (Å²) in [5, 5.41) is 3.41. The first kappa shape index (κ1) is 19.2. The van der Waals surface area contributed by atoms with Crippen molar-refractivity contribution in [1.29, 1.82) is 0 Å². The van der Waals surface area contributed by atoms with Crippen molar-refractivity contribution in [1.82, 2.24) is 10.6 Å². The molecule has 0 aliphatic carbocycles. The summed E-state index contributed by atoms with van der Waals surface area (Å²) in [4.78, 5) is 35.2. The van der Waals surface area contributed by atoms with Gasteiger partial charge >= 0.3 is 18.2 Å². The summed E-state index contributed by atoms with van der Waals surface area (Å²) in [6, 6.07) is -1.17. The number of imide groups is 1. The summed E-state index contributed by atoms with van der Waals surface area (Å²) in [5.74, 6) is -1.09. The molecule has 7 nitrogen and oxygen atoms in total. The van der Waals surface area contributed by atoms with Gasteiger partial charge in [-0.1, -0.05) is 0 Å². The van der Waals surface area contributed by atoms with Gasteiger partial charge < -0.3 is 15.0 Å². The number of piperidine rings is 1. The molecule has 0 aromatic rings. The van der Waals surface area contributed by atoms with Gasteiger partial charge in [-0.05, 0) is 6.92 Å². The summed E-state index contributed by atoms with van der Waals surface area (Å²) in [7, 11) is 0. The van der Waals surface area contributed by atoms with Gasteiger partial charge in [-0.2, -0.15) is 13.2 Å². The van der Waals surface area contributed by atoms with E-state index in [1.54, 1.807) is 12.2 Å². The fourth-order valence-corrected chi connectivity index (χ4v) is 2.32. The maximum atomic E-state index is 11.9. The average Bonchev–Trinajstić information content (AvgIpc) is 2.45. The Morgan fingerprint density at radius 2 is 1.83 bits per heavy atom. The zero-order chi connectivity index (χ0) is 17.5. The van der Waals surface area contributed by atoms with Crippen LogP contribution >= 0.6 is 0 Å². The first-order valence-electron chi connectivity index (χ1n) is 7.36. The van der Waals surface area contributed by atoms with Crippen molar-refractivity contribution < 1.29 is 37.2 Å². The van der Waals surface area contributed by atoms with Gasteiger partial charge in [-0.25, -0.2) is 4.79 Å². The lowest BCUT2D eigenvalue weighted by Crippen LogP contribution is -3.14. The van der Waals surface area contributed by atoms with Crippen molar-refractivity contribution in [2.24, 2.45) is 5.92 Å². The molecule has 0 aromatic heterocycles. The molecule has 132 valence electrons. The second-order valence-electron chi connectivity index (χ2n) is 5.30. The first-order chi connectivity index (χ1) is 10.7. The molecule has 3 amide bonds. The van der Waals surface area contributed by atoms with E-state index in [4.69, 9.17) is 4.74 Å². The topological polar surface area (TPSA) is 88.9 Å². The van der Waals surface area contributed by atoms with Crippen molar-refractivity contribution in [3.8, 4) is 0 Å². The van der Waals surface area contributed by atoms with Gasteiger partial charge in [0.1, 0.15) is 6.54 Å². The van der Waals surface area contributed by atoms with Crippen LogP contribution in [0.4, 0.5) is 18.0 Å². The van der Waals surface area contributed by atoms with Crippen molar-refractivity contribution in [2.45, 2.75) is 25.9 Å². The number of ether oxygens (including phenoxy) is 1. The lowest BCUT2D eigenvalue weighted by molar-refractivity contribution is -0.897. The lowest BCUT2D eigenvalue weighted by atomic mass is 9.97. The second kappa shape index (κ2) is 8.70. The molecular formula is C13H21F3N3O4+. The fourth-order valence-electron chi connectivity index (χ4n) is 2.32. The molecule has 23 heavy (non-hydrogen) atoms. The Morgan fingerprint density at radius 1 is 1.22 bits per heavy atom. The molecule has 1 saturated heterocycles. The van der Waals surface area contributed by atoms with E-state index < -0.39 is 24.7 Å². The molecule has 1 heterocycles. The highest BCUT2D eigenvalue weighted by Crippen LogP contribution is 2.12. The van der Waals surface area contributed by atoms with Gasteiger partial charge in [0.15, 0.2) is 6.54 Å². The summed E-state index contributed by atoms with van der Waals surface area (Å²) >= 11 is 0.